The van der Waals surface area contributed by atoms with Crippen LogP contribution in [0.25, 0.3) is 0 Å². The number of fused-ring (bicyclic) bond motifs is 1. The average molecular weight is 468 g/mol. The molecule has 8 heteroatoms. The molecule has 2 bridgehead atoms. The van der Waals surface area contributed by atoms with Gasteiger partial charge in [0, 0.05) is 18.3 Å². The average Bonchev–Trinajstić information content (AvgIpc) is 3.34. The molecule has 0 aromatic carbocycles. The van der Waals surface area contributed by atoms with Gasteiger partial charge in [-0.15, -0.1) is 11.8 Å². The van der Waals surface area contributed by atoms with E-state index in [1.807, 2.05) is 20.8 Å². The van der Waals surface area contributed by atoms with Crippen molar-refractivity contribution < 1.29 is 19.5 Å². The molecular weight excluding hydrogens is 426 g/mol. The van der Waals surface area contributed by atoms with E-state index in [0.29, 0.717) is 13.1 Å². The number of aliphatic hydroxyl groups excluding tert-OH is 1. The Labute approximate surface area is 196 Å². The van der Waals surface area contributed by atoms with Crippen LogP contribution in [0.15, 0.2) is 0 Å². The van der Waals surface area contributed by atoms with Crippen molar-refractivity contribution in [3.8, 4) is 0 Å². The maximum Gasteiger partial charge on any atom is 0.244 e. The third-order valence-corrected chi connectivity index (χ3v) is 9.75. The van der Waals surface area contributed by atoms with E-state index >= 15 is 0 Å². The van der Waals surface area contributed by atoms with Crippen molar-refractivity contribution in [3.05, 3.63) is 0 Å². The van der Waals surface area contributed by atoms with E-state index in [0.717, 1.165) is 32.1 Å². The highest BCUT2D eigenvalue weighted by molar-refractivity contribution is 8.02. The molecule has 3 heterocycles. The summed E-state index contributed by atoms with van der Waals surface area (Å²) < 4.78 is -0.618. The summed E-state index contributed by atoms with van der Waals surface area (Å²) in [6, 6.07) is -1.10. The summed E-state index contributed by atoms with van der Waals surface area (Å²) in [6.45, 7) is 11.2. The van der Waals surface area contributed by atoms with Gasteiger partial charge in [0.25, 0.3) is 0 Å². The molecule has 3 rings (SSSR count). The highest BCUT2D eigenvalue weighted by atomic mass is 32.2. The Morgan fingerprint density at radius 1 is 1.16 bits per heavy atom. The summed E-state index contributed by atoms with van der Waals surface area (Å²) in [4.78, 5) is 42.4. The number of amides is 3. The summed E-state index contributed by atoms with van der Waals surface area (Å²) in [5, 5.41) is 16.3. The number of carbonyl (C=O) groups is 3. The largest absolute Gasteiger partial charge is 0.394 e. The lowest BCUT2D eigenvalue weighted by molar-refractivity contribution is -0.143. The van der Waals surface area contributed by atoms with Crippen molar-refractivity contribution in [3.63, 3.8) is 0 Å². The quantitative estimate of drug-likeness (QED) is 0.405. The molecule has 3 N–H and O–H groups in total. The smallest absolute Gasteiger partial charge is 0.244 e. The predicted octanol–water partition coefficient (Wildman–Crippen LogP) is 2.17. The minimum absolute atomic E-state index is 0.000517. The molecule has 0 radical (unpaired) electrons. The van der Waals surface area contributed by atoms with Crippen LogP contribution < -0.4 is 10.6 Å². The molecule has 32 heavy (non-hydrogen) atoms. The minimum Gasteiger partial charge on any atom is -0.394 e. The van der Waals surface area contributed by atoms with Crippen molar-refractivity contribution in [2.75, 3.05) is 19.7 Å². The Balaban J connectivity index is 1.99. The summed E-state index contributed by atoms with van der Waals surface area (Å²) in [7, 11) is 0. The fraction of sp³-hybridized carbons (Fsp3) is 0.875. The Bertz CT molecular complexity index is 717. The van der Waals surface area contributed by atoms with Gasteiger partial charge in [0.15, 0.2) is 0 Å². The first-order valence-electron chi connectivity index (χ1n) is 12.4. The second-order valence-corrected chi connectivity index (χ2v) is 11.6. The van der Waals surface area contributed by atoms with Gasteiger partial charge in [0.2, 0.25) is 17.7 Å². The molecule has 7 nitrogen and oxygen atoms in total. The first kappa shape index (κ1) is 25.3. The standard InChI is InChI=1S/C24H41N3O4S/c1-6-8-9-11-26-22(30)20-24-15(5)12-17(32-24)18(21(29)25-10-7-2)19(24)23(31)27(20)16(13-28)14(3)4/h14-20,28H,6-13H2,1-5H3,(H,25,29)(H,26,30)/t15?,16-,17-,18+,19-,20?,24?/m0/s1. The summed E-state index contributed by atoms with van der Waals surface area (Å²) >= 11 is 1.69. The van der Waals surface area contributed by atoms with E-state index in [4.69, 9.17) is 0 Å². The SMILES string of the molecule is CCCCCNC(=O)C1N([C@@H](CO)C(C)C)C(=O)[C@@H]2[C@H](C(=O)NCCC)[C@@H]3CC(C)C12S3. The number of nitrogens with one attached hydrogen (secondary N) is 2. The molecule has 3 aliphatic rings. The van der Waals surface area contributed by atoms with E-state index in [1.54, 1.807) is 16.7 Å². The molecule has 3 aliphatic heterocycles. The Morgan fingerprint density at radius 2 is 1.84 bits per heavy atom. The Hall–Kier alpha value is -1.28. The molecule has 3 saturated heterocycles. The molecule has 3 amide bonds. The van der Waals surface area contributed by atoms with Gasteiger partial charge < -0.3 is 20.6 Å². The van der Waals surface area contributed by atoms with Crippen molar-refractivity contribution in [1.29, 1.82) is 0 Å². The van der Waals surface area contributed by atoms with Crippen molar-refractivity contribution in [1.82, 2.24) is 15.5 Å². The number of unbranched alkanes of at least 4 members (excludes halogenated alkanes) is 2. The molecule has 182 valence electrons. The summed E-state index contributed by atoms with van der Waals surface area (Å²) in [5.74, 6) is -1.12. The fourth-order valence-corrected chi connectivity index (χ4v) is 8.49. The molecular formula is C24H41N3O4S. The number of carbonyl (C=O) groups excluding carboxylic acids is 3. The lowest BCUT2D eigenvalue weighted by Gasteiger charge is -2.40. The van der Waals surface area contributed by atoms with E-state index in [2.05, 4.69) is 24.5 Å². The summed E-state index contributed by atoms with van der Waals surface area (Å²) in [6.07, 6.45) is 4.68. The van der Waals surface area contributed by atoms with Crippen LogP contribution in [0.3, 0.4) is 0 Å². The first-order chi connectivity index (χ1) is 15.3. The second kappa shape index (κ2) is 10.3. The number of aliphatic hydroxyl groups is 1. The monoisotopic (exact) mass is 467 g/mol. The second-order valence-electron chi connectivity index (χ2n) is 10.1. The van der Waals surface area contributed by atoms with Gasteiger partial charge in [-0.1, -0.05) is 47.5 Å². The highest BCUT2D eigenvalue weighted by Gasteiger charge is 2.76. The predicted molar refractivity (Wildman–Crippen MR) is 127 cm³/mol. The third kappa shape index (κ3) is 4.06. The van der Waals surface area contributed by atoms with Crippen LogP contribution in [-0.4, -0.2) is 69.5 Å². The van der Waals surface area contributed by atoms with Crippen molar-refractivity contribution in [2.24, 2.45) is 23.7 Å². The van der Waals surface area contributed by atoms with Crippen LogP contribution in [0, 0.1) is 23.7 Å². The van der Waals surface area contributed by atoms with Crippen LogP contribution in [-0.2, 0) is 14.4 Å². The molecule has 3 fully saturated rings. The lowest BCUT2D eigenvalue weighted by atomic mass is 9.66. The lowest BCUT2D eigenvalue weighted by Crippen LogP contribution is -2.59. The number of likely N-dealkylation sites (tertiary alicyclic amines) is 1. The fourth-order valence-electron chi connectivity index (χ4n) is 6.09. The zero-order valence-electron chi connectivity index (χ0n) is 20.2. The number of rotatable bonds is 11. The number of hydrogen-bond donors (Lipinski definition) is 3. The van der Waals surface area contributed by atoms with Crippen molar-refractivity contribution in [2.45, 2.75) is 88.8 Å². The summed E-state index contributed by atoms with van der Waals surface area (Å²) in [5.41, 5.74) is 0. The van der Waals surface area contributed by atoms with Gasteiger partial charge in [-0.2, -0.15) is 0 Å². The van der Waals surface area contributed by atoms with Gasteiger partial charge in [0.1, 0.15) is 6.04 Å². The van der Waals surface area contributed by atoms with Crippen LogP contribution in [0.1, 0.15) is 66.7 Å². The van der Waals surface area contributed by atoms with Crippen LogP contribution in [0.2, 0.25) is 0 Å². The number of hydrogen-bond acceptors (Lipinski definition) is 5. The van der Waals surface area contributed by atoms with Gasteiger partial charge in [0.05, 0.1) is 29.2 Å². The molecule has 0 aromatic rings. The first-order valence-corrected chi connectivity index (χ1v) is 13.3. The maximum atomic E-state index is 13.9. The van der Waals surface area contributed by atoms with Crippen LogP contribution >= 0.6 is 11.8 Å². The topological polar surface area (TPSA) is 98.7 Å². The highest BCUT2D eigenvalue weighted by Crippen LogP contribution is 2.68. The van der Waals surface area contributed by atoms with Gasteiger partial charge in [-0.25, -0.2) is 0 Å². The number of nitrogens with zero attached hydrogens (tertiary/aromatic N) is 1. The van der Waals surface area contributed by atoms with Gasteiger partial charge in [-0.05, 0) is 31.1 Å². The minimum atomic E-state index is -0.657. The Kier molecular flexibility index (Phi) is 8.18. The molecule has 0 saturated carbocycles. The maximum absolute atomic E-state index is 13.9. The molecule has 3 unspecified atom stereocenters. The van der Waals surface area contributed by atoms with E-state index in [9.17, 15) is 19.5 Å². The van der Waals surface area contributed by atoms with E-state index in [-0.39, 0.29) is 41.4 Å². The number of thioether (sulfide) groups is 1. The zero-order chi connectivity index (χ0) is 23.6. The van der Waals surface area contributed by atoms with Crippen molar-refractivity contribution >= 4 is 29.5 Å². The zero-order valence-corrected chi connectivity index (χ0v) is 21.0. The molecule has 1 spiro atoms. The van der Waals surface area contributed by atoms with Crippen LogP contribution in [0.5, 0.6) is 0 Å². The third-order valence-electron chi connectivity index (χ3n) is 7.68. The normalized spacial score (nSPS) is 34.2. The Morgan fingerprint density at radius 3 is 2.44 bits per heavy atom. The van der Waals surface area contributed by atoms with E-state index < -0.39 is 28.7 Å². The molecule has 0 aromatic heterocycles. The van der Waals surface area contributed by atoms with Crippen LogP contribution in [0.4, 0.5) is 0 Å². The van der Waals surface area contributed by atoms with Gasteiger partial charge in [-0.3, -0.25) is 14.4 Å². The van der Waals surface area contributed by atoms with E-state index in [1.165, 1.54) is 0 Å². The van der Waals surface area contributed by atoms with Gasteiger partial charge >= 0.3 is 0 Å². The molecule has 0 aliphatic carbocycles. The molecule has 7 atom stereocenters.